The second-order valence-corrected chi connectivity index (χ2v) is 6.63. The molecule has 1 amide bonds. The summed E-state index contributed by atoms with van der Waals surface area (Å²) < 4.78 is 0. The molecule has 2 heterocycles. The van der Waals surface area contributed by atoms with Crippen molar-refractivity contribution in [1.29, 1.82) is 0 Å². The first-order valence-electron chi connectivity index (χ1n) is 7.63. The number of imidazole rings is 1. The molecule has 0 spiro atoms. The molecule has 1 aliphatic heterocycles. The Hall–Kier alpha value is -2.27. The summed E-state index contributed by atoms with van der Waals surface area (Å²) in [6, 6.07) is 16.1. The van der Waals surface area contributed by atoms with Crippen LogP contribution in [-0.2, 0) is 4.79 Å². The molecule has 1 fully saturated rings. The van der Waals surface area contributed by atoms with Crippen molar-refractivity contribution in [2.75, 3.05) is 17.7 Å². The van der Waals surface area contributed by atoms with E-state index in [1.165, 1.54) is 4.90 Å². The Labute approximate surface area is 138 Å². The second-order valence-electron chi connectivity index (χ2n) is 5.75. The van der Waals surface area contributed by atoms with Gasteiger partial charge in [0.25, 0.3) is 0 Å². The van der Waals surface area contributed by atoms with Crippen LogP contribution in [0.25, 0.3) is 11.0 Å². The number of fused-ring (bicyclic) bond motifs is 1. The first-order chi connectivity index (χ1) is 11.2. The Bertz CT molecular complexity index is 840. The molecule has 1 N–H and O–H groups in total. The SMILES string of the molecule is CSc1cccc(N2C[C@H](c3nc4ccccc4[nH]3)CC2=O)c1. The number of anilines is 1. The minimum Gasteiger partial charge on any atom is -0.342 e. The van der Waals surface area contributed by atoms with Crippen LogP contribution in [0.2, 0.25) is 0 Å². The second kappa shape index (κ2) is 5.74. The summed E-state index contributed by atoms with van der Waals surface area (Å²) in [5.41, 5.74) is 2.95. The lowest BCUT2D eigenvalue weighted by molar-refractivity contribution is -0.117. The maximum Gasteiger partial charge on any atom is 0.227 e. The van der Waals surface area contributed by atoms with Crippen molar-refractivity contribution in [2.24, 2.45) is 0 Å². The lowest BCUT2D eigenvalue weighted by atomic mass is 10.1. The number of nitrogens with zero attached hydrogens (tertiary/aromatic N) is 2. The number of carbonyl (C=O) groups excluding carboxylic acids is 1. The number of H-pyrrole nitrogens is 1. The summed E-state index contributed by atoms with van der Waals surface area (Å²) >= 11 is 1.69. The number of para-hydroxylation sites is 2. The highest BCUT2D eigenvalue weighted by Gasteiger charge is 2.33. The number of aromatic nitrogens is 2. The fourth-order valence-corrected chi connectivity index (χ4v) is 3.54. The van der Waals surface area contributed by atoms with Crippen LogP contribution in [0.4, 0.5) is 5.69 Å². The van der Waals surface area contributed by atoms with Crippen LogP contribution in [0.3, 0.4) is 0 Å². The van der Waals surface area contributed by atoms with Crippen molar-refractivity contribution >= 4 is 34.4 Å². The van der Waals surface area contributed by atoms with Gasteiger partial charge in [0.15, 0.2) is 0 Å². The molecular formula is C18H17N3OS. The van der Waals surface area contributed by atoms with Gasteiger partial charge >= 0.3 is 0 Å². The fourth-order valence-electron chi connectivity index (χ4n) is 3.08. The normalized spacial score (nSPS) is 18.0. The van der Waals surface area contributed by atoms with Crippen LogP contribution in [0.15, 0.2) is 53.4 Å². The Balaban J connectivity index is 1.62. The van der Waals surface area contributed by atoms with E-state index in [1.807, 2.05) is 47.6 Å². The van der Waals surface area contributed by atoms with E-state index in [0.29, 0.717) is 13.0 Å². The number of benzene rings is 2. The Morgan fingerprint density at radius 1 is 1.22 bits per heavy atom. The molecule has 0 radical (unpaired) electrons. The molecule has 0 bridgehead atoms. The highest BCUT2D eigenvalue weighted by Crippen LogP contribution is 2.32. The van der Waals surface area contributed by atoms with Crippen LogP contribution < -0.4 is 4.90 Å². The van der Waals surface area contributed by atoms with Crippen molar-refractivity contribution < 1.29 is 4.79 Å². The van der Waals surface area contributed by atoms with Gasteiger partial charge in [0.2, 0.25) is 5.91 Å². The quantitative estimate of drug-likeness (QED) is 0.746. The topological polar surface area (TPSA) is 49.0 Å². The fraction of sp³-hybridized carbons (Fsp3) is 0.222. The van der Waals surface area contributed by atoms with Crippen molar-refractivity contribution in [3.63, 3.8) is 0 Å². The van der Waals surface area contributed by atoms with Crippen LogP contribution in [-0.4, -0.2) is 28.7 Å². The monoisotopic (exact) mass is 323 g/mol. The molecule has 1 aromatic heterocycles. The maximum atomic E-state index is 12.5. The number of aromatic amines is 1. The third-order valence-electron chi connectivity index (χ3n) is 4.28. The van der Waals surface area contributed by atoms with Gasteiger partial charge in [-0.2, -0.15) is 0 Å². The van der Waals surface area contributed by atoms with E-state index in [1.54, 1.807) is 11.8 Å². The number of thioether (sulfide) groups is 1. The van der Waals surface area contributed by atoms with Crippen molar-refractivity contribution in [3.05, 3.63) is 54.4 Å². The molecule has 4 rings (SSSR count). The summed E-state index contributed by atoms with van der Waals surface area (Å²) in [6.45, 7) is 0.677. The zero-order valence-corrected chi connectivity index (χ0v) is 13.6. The third-order valence-corrected chi connectivity index (χ3v) is 5.01. The summed E-state index contributed by atoms with van der Waals surface area (Å²) in [5, 5.41) is 0. The van der Waals surface area contributed by atoms with Gasteiger partial charge in [-0.25, -0.2) is 4.98 Å². The largest absolute Gasteiger partial charge is 0.342 e. The predicted octanol–water partition coefficient (Wildman–Crippen LogP) is 3.81. The molecule has 1 aliphatic rings. The van der Waals surface area contributed by atoms with Crippen LogP contribution in [0, 0.1) is 0 Å². The smallest absolute Gasteiger partial charge is 0.227 e. The molecule has 3 aromatic rings. The van der Waals surface area contributed by atoms with Crippen molar-refractivity contribution in [2.45, 2.75) is 17.2 Å². The average Bonchev–Trinajstić information content (AvgIpc) is 3.18. The van der Waals surface area contributed by atoms with Gasteiger partial charge in [0, 0.05) is 29.5 Å². The van der Waals surface area contributed by atoms with Gasteiger partial charge < -0.3 is 9.88 Å². The molecule has 0 saturated carbocycles. The first kappa shape index (κ1) is 14.3. The zero-order valence-electron chi connectivity index (χ0n) is 12.8. The third kappa shape index (κ3) is 2.61. The molecule has 1 atom stereocenters. The van der Waals surface area contributed by atoms with Crippen molar-refractivity contribution in [1.82, 2.24) is 9.97 Å². The lowest BCUT2D eigenvalue weighted by Gasteiger charge is -2.17. The predicted molar refractivity (Wildman–Crippen MR) is 94.0 cm³/mol. The molecule has 23 heavy (non-hydrogen) atoms. The molecule has 4 nitrogen and oxygen atoms in total. The average molecular weight is 323 g/mol. The van der Waals surface area contributed by atoms with E-state index in [9.17, 15) is 4.79 Å². The molecule has 116 valence electrons. The van der Waals surface area contributed by atoms with E-state index in [0.717, 1.165) is 22.5 Å². The highest BCUT2D eigenvalue weighted by atomic mass is 32.2. The van der Waals surface area contributed by atoms with Crippen LogP contribution in [0.5, 0.6) is 0 Å². The molecular weight excluding hydrogens is 306 g/mol. The van der Waals surface area contributed by atoms with Crippen LogP contribution in [0.1, 0.15) is 18.2 Å². The van der Waals surface area contributed by atoms with Crippen LogP contribution >= 0.6 is 11.8 Å². The number of amides is 1. The molecule has 2 aromatic carbocycles. The minimum absolute atomic E-state index is 0.118. The summed E-state index contributed by atoms with van der Waals surface area (Å²) in [6.07, 6.45) is 2.55. The molecule has 5 heteroatoms. The lowest BCUT2D eigenvalue weighted by Crippen LogP contribution is -2.24. The zero-order chi connectivity index (χ0) is 15.8. The Morgan fingerprint density at radius 2 is 2.09 bits per heavy atom. The molecule has 0 aliphatic carbocycles. The Morgan fingerprint density at radius 3 is 2.91 bits per heavy atom. The molecule has 0 unspecified atom stereocenters. The van der Waals surface area contributed by atoms with E-state index >= 15 is 0 Å². The van der Waals surface area contributed by atoms with E-state index in [4.69, 9.17) is 0 Å². The standard InChI is InChI=1S/C18H17N3OS/c1-23-14-6-4-5-13(10-14)21-11-12(9-17(21)22)18-19-15-7-2-3-8-16(15)20-18/h2-8,10,12H,9,11H2,1H3,(H,19,20)/t12-/m1/s1. The number of hydrogen-bond donors (Lipinski definition) is 1. The minimum atomic E-state index is 0.118. The number of nitrogens with one attached hydrogen (secondary N) is 1. The summed E-state index contributed by atoms with van der Waals surface area (Å²) in [5.74, 6) is 1.18. The van der Waals surface area contributed by atoms with Gasteiger partial charge in [-0.05, 0) is 36.6 Å². The first-order valence-corrected chi connectivity index (χ1v) is 8.86. The summed E-state index contributed by atoms with van der Waals surface area (Å²) in [7, 11) is 0. The van der Waals surface area contributed by atoms with Gasteiger partial charge in [0.1, 0.15) is 5.82 Å². The van der Waals surface area contributed by atoms with Gasteiger partial charge in [-0.15, -0.1) is 11.8 Å². The maximum absolute atomic E-state index is 12.5. The number of rotatable bonds is 3. The number of hydrogen-bond acceptors (Lipinski definition) is 3. The van der Waals surface area contributed by atoms with E-state index in [-0.39, 0.29) is 11.8 Å². The van der Waals surface area contributed by atoms with Gasteiger partial charge in [-0.3, -0.25) is 4.79 Å². The van der Waals surface area contributed by atoms with Crippen molar-refractivity contribution in [3.8, 4) is 0 Å². The summed E-state index contributed by atoms with van der Waals surface area (Å²) in [4.78, 5) is 23.5. The number of carbonyl (C=O) groups is 1. The highest BCUT2D eigenvalue weighted by molar-refractivity contribution is 7.98. The van der Waals surface area contributed by atoms with Gasteiger partial charge in [-0.1, -0.05) is 18.2 Å². The molecule has 1 saturated heterocycles. The van der Waals surface area contributed by atoms with E-state index in [2.05, 4.69) is 22.1 Å². The van der Waals surface area contributed by atoms with Gasteiger partial charge in [0.05, 0.1) is 11.0 Å². The Kier molecular flexibility index (Phi) is 3.58. The van der Waals surface area contributed by atoms with E-state index < -0.39 is 0 Å².